The number of nitrogens with one attached hydrogen (secondary N) is 1. The highest BCUT2D eigenvalue weighted by Gasteiger charge is 2.20. The summed E-state index contributed by atoms with van der Waals surface area (Å²) in [5, 5.41) is 0.998. The Balaban J connectivity index is 1.75. The van der Waals surface area contributed by atoms with Gasteiger partial charge in [-0.2, -0.15) is 0 Å². The van der Waals surface area contributed by atoms with Crippen LogP contribution in [0.4, 0.5) is 0 Å². The van der Waals surface area contributed by atoms with E-state index in [0.717, 1.165) is 33.9 Å². The van der Waals surface area contributed by atoms with E-state index in [4.69, 9.17) is 0 Å². The number of fused-ring (bicyclic) bond motifs is 2. The molecule has 0 atom stereocenters. The van der Waals surface area contributed by atoms with Crippen LogP contribution in [0.2, 0.25) is 0 Å². The Bertz CT molecular complexity index is 1100. The van der Waals surface area contributed by atoms with Crippen LogP contribution in [0.15, 0.2) is 61.6 Å². The van der Waals surface area contributed by atoms with E-state index in [-0.39, 0.29) is 5.78 Å². The lowest BCUT2D eigenvalue weighted by Crippen LogP contribution is -2.36. The number of H-pyrrole nitrogens is 1. The van der Waals surface area contributed by atoms with Crippen molar-refractivity contribution in [2.24, 2.45) is 0 Å². The summed E-state index contributed by atoms with van der Waals surface area (Å²) in [5.74, 6) is 0.0940. The van der Waals surface area contributed by atoms with E-state index < -0.39 is 0 Å². The second-order valence-corrected chi connectivity index (χ2v) is 6.14. The monoisotopic (exact) mass is 330 g/mol. The number of carbonyl (C=O) groups excluding carboxylic acids is 1. The molecular formula is C21H20N3O+. The molecule has 0 saturated heterocycles. The molecule has 0 aliphatic heterocycles. The molecule has 2 aromatic heterocycles. The number of hydrogen-bond acceptors (Lipinski definition) is 1. The molecule has 0 spiro atoms. The lowest BCUT2D eigenvalue weighted by molar-refractivity contribution is -0.657. The molecule has 4 aromatic rings. The molecule has 4 nitrogen and oxygen atoms in total. The van der Waals surface area contributed by atoms with E-state index in [1.807, 2.05) is 58.1 Å². The number of para-hydroxylation sites is 3. The van der Waals surface area contributed by atoms with Gasteiger partial charge in [0.25, 0.3) is 0 Å². The highest BCUT2D eigenvalue weighted by molar-refractivity contribution is 6.08. The average molecular weight is 330 g/mol. The molecule has 4 rings (SSSR count). The third kappa shape index (κ3) is 2.47. The van der Waals surface area contributed by atoms with Crippen molar-refractivity contribution in [3.05, 3.63) is 72.7 Å². The Hall–Kier alpha value is -3.14. The number of rotatable bonds is 5. The van der Waals surface area contributed by atoms with Crippen molar-refractivity contribution in [1.82, 2.24) is 9.55 Å². The van der Waals surface area contributed by atoms with Crippen molar-refractivity contribution >= 4 is 33.9 Å². The summed E-state index contributed by atoms with van der Waals surface area (Å²) >= 11 is 0. The number of aromatic amines is 1. The van der Waals surface area contributed by atoms with E-state index in [1.54, 1.807) is 6.20 Å². The minimum Gasteiger partial charge on any atom is -0.360 e. The summed E-state index contributed by atoms with van der Waals surface area (Å²) < 4.78 is 3.91. The zero-order chi connectivity index (χ0) is 17.4. The van der Waals surface area contributed by atoms with Crippen LogP contribution in [-0.2, 0) is 13.0 Å². The number of ketones is 1. The van der Waals surface area contributed by atoms with Crippen LogP contribution in [0.25, 0.3) is 28.1 Å². The molecule has 0 fully saturated rings. The van der Waals surface area contributed by atoms with E-state index in [0.29, 0.717) is 6.54 Å². The number of aromatic nitrogens is 3. The molecular weight excluding hydrogens is 310 g/mol. The molecule has 2 heterocycles. The highest BCUT2D eigenvalue weighted by Crippen LogP contribution is 2.23. The van der Waals surface area contributed by atoms with Crippen LogP contribution < -0.4 is 4.57 Å². The van der Waals surface area contributed by atoms with Crippen molar-refractivity contribution in [1.29, 1.82) is 0 Å². The fraction of sp³-hybridized carbons (Fsp3) is 0.143. The molecule has 0 saturated carbocycles. The van der Waals surface area contributed by atoms with Gasteiger partial charge in [0.05, 0.1) is 6.20 Å². The van der Waals surface area contributed by atoms with Crippen LogP contribution in [0.1, 0.15) is 22.8 Å². The number of carbonyl (C=O) groups is 1. The van der Waals surface area contributed by atoms with Gasteiger partial charge in [0.2, 0.25) is 12.1 Å². The maximum atomic E-state index is 13.0. The van der Waals surface area contributed by atoms with Crippen molar-refractivity contribution in [2.75, 3.05) is 0 Å². The van der Waals surface area contributed by atoms with Crippen LogP contribution >= 0.6 is 0 Å². The topological polar surface area (TPSA) is 41.7 Å². The Kier molecular flexibility index (Phi) is 3.73. The Morgan fingerprint density at radius 2 is 2.08 bits per heavy atom. The summed E-state index contributed by atoms with van der Waals surface area (Å²) in [4.78, 5) is 16.2. The number of Topliss-reactive ketones (excluding diaryl/α,β-unsaturated/α-hetero) is 1. The highest BCUT2D eigenvalue weighted by atomic mass is 16.1. The maximum Gasteiger partial charge on any atom is 0.249 e. The van der Waals surface area contributed by atoms with Gasteiger partial charge in [0, 0.05) is 22.7 Å². The predicted octanol–water partition coefficient (Wildman–Crippen LogP) is 3.96. The number of nitrogens with zero attached hydrogens (tertiary/aromatic N) is 2. The van der Waals surface area contributed by atoms with Gasteiger partial charge >= 0.3 is 0 Å². The van der Waals surface area contributed by atoms with Gasteiger partial charge in [-0.3, -0.25) is 4.79 Å². The minimum atomic E-state index is 0.0940. The second-order valence-electron chi connectivity index (χ2n) is 6.14. The molecule has 1 N–H and O–H groups in total. The third-order valence-corrected chi connectivity index (χ3v) is 4.73. The summed E-state index contributed by atoms with van der Waals surface area (Å²) in [6.07, 6.45) is 6.44. The molecule has 0 aliphatic rings. The molecule has 124 valence electrons. The Labute approximate surface area is 146 Å². The molecule has 25 heavy (non-hydrogen) atoms. The lowest BCUT2D eigenvalue weighted by atomic mass is 10.0. The first kappa shape index (κ1) is 15.4. The van der Waals surface area contributed by atoms with Gasteiger partial charge in [-0.15, -0.1) is 0 Å². The van der Waals surface area contributed by atoms with Crippen LogP contribution in [0.5, 0.6) is 0 Å². The minimum absolute atomic E-state index is 0.0940. The van der Waals surface area contributed by atoms with Crippen molar-refractivity contribution < 1.29 is 9.36 Å². The van der Waals surface area contributed by atoms with Gasteiger partial charge in [0.1, 0.15) is 0 Å². The zero-order valence-electron chi connectivity index (χ0n) is 14.2. The number of imidazole rings is 1. The molecule has 4 heteroatoms. The van der Waals surface area contributed by atoms with Gasteiger partial charge in [0.15, 0.2) is 17.6 Å². The summed E-state index contributed by atoms with van der Waals surface area (Å²) in [5.41, 5.74) is 5.09. The first-order valence-electron chi connectivity index (χ1n) is 8.46. The number of benzene rings is 2. The normalized spacial score (nSPS) is 11.2. The van der Waals surface area contributed by atoms with Crippen LogP contribution in [0, 0.1) is 0 Å². The molecule has 0 aliphatic carbocycles. The number of hydrogen-bond donors (Lipinski definition) is 1. The first-order chi connectivity index (χ1) is 12.2. The summed E-state index contributed by atoms with van der Waals surface area (Å²) in [6, 6.07) is 14.1. The molecule has 0 radical (unpaired) electrons. The van der Waals surface area contributed by atoms with Crippen LogP contribution in [-0.4, -0.2) is 15.3 Å². The van der Waals surface area contributed by atoms with E-state index >= 15 is 0 Å². The van der Waals surface area contributed by atoms with Crippen LogP contribution in [0.3, 0.4) is 0 Å². The quantitative estimate of drug-likeness (QED) is 0.437. The van der Waals surface area contributed by atoms with E-state index in [9.17, 15) is 4.79 Å². The predicted molar refractivity (Wildman–Crippen MR) is 101 cm³/mol. The van der Waals surface area contributed by atoms with Crippen molar-refractivity contribution in [3.63, 3.8) is 0 Å². The Morgan fingerprint density at radius 3 is 2.88 bits per heavy atom. The fourth-order valence-electron chi connectivity index (χ4n) is 3.45. The fourth-order valence-corrected chi connectivity index (χ4v) is 3.45. The van der Waals surface area contributed by atoms with Crippen molar-refractivity contribution in [3.8, 4) is 0 Å². The van der Waals surface area contributed by atoms with Gasteiger partial charge in [-0.25, -0.2) is 9.13 Å². The van der Waals surface area contributed by atoms with E-state index in [1.165, 1.54) is 5.56 Å². The average Bonchev–Trinajstić information content (AvgIpc) is 3.23. The zero-order valence-corrected chi connectivity index (χ0v) is 14.2. The molecule has 0 amide bonds. The standard InChI is InChI=1S/C21H19N3O/c1-3-15-8-7-9-16-17(12-22-21(15)16)20(25)13-24-14-23(4-2)18-10-5-6-11-19(18)24/h4-12,14H,2-3,13H2,1H3/p+1. The third-order valence-electron chi connectivity index (χ3n) is 4.73. The molecule has 0 unspecified atom stereocenters. The van der Waals surface area contributed by atoms with Gasteiger partial charge in [-0.1, -0.05) is 43.8 Å². The first-order valence-corrected chi connectivity index (χ1v) is 8.46. The largest absolute Gasteiger partial charge is 0.360 e. The summed E-state index contributed by atoms with van der Waals surface area (Å²) in [6.45, 7) is 6.26. The molecule has 0 bridgehead atoms. The SMILES string of the molecule is C=Cn1c[n+](CC(=O)c2c[nH]c3c(CC)cccc23)c2ccccc21. The van der Waals surface area contributed by atoms with E-state index in [2.05, 4.69) is 24.6 Å². The lowest BCUT2D eigenvalue weighted by Gasteiger charge is -2.01. The summed E-state index contributed by atoms with van der Waals surface area (Å²) in [7, 11) is 0. The second kappa shape index (κ2) is 6.06. The van der Waals surface area contributed by atoms with Gasteiger partial charge in [-0.05, 0) is 24.1 Å². The maximum absolute atomic E-state index is 13.0. The smallest absolute Gasteiger partial charge is 0.249 e. The number of aryl methyl sites for hydroxylation is 1. The Morgan fingerprint density at radius 1 is 1.24 bits per heavy atom. The molecule has 2 aromatic carbocycles. The van der Waals surface area contributed by atoms with Gasteiger partial charge < -0.3 is 4.98 Å². The van der Waals surface area contributed by atoms with Crippen molar-refractivity contribution in [2.45, 2.75) is 19.9 Å².